The van der Waals surface area contributed by atoms with Gasteiger partial charge in [-0.1, -0.05) is 0 Å². The lowest BCUT2D eigenvalue weighted by atomic mass is 10.2. The number of pyridine rings is 1. The van der Waals surface area contributed by atoms with E-state index in [-0.39, 0.29) is 11.8 Å². The fourth-order valence-corrected chi connectivity index (χ4v) is 2.50. The van der Waals surface area contributed by atoms with E-state index in [2.05, 4.69) is 4.98 Å². The maximum absolute atomic E-state index is 12.6. The first-order chi connectivity index (χ1) is 10.9. The van der Waals surface area contributed by atoms with Crippen LogP contribution in [0.5, 0.6) is 0 Å². The van der Waals surface area contributed by atoms with Crippen LogP contribution in [0.3, 0.4) is 0 Å². The van der Waals surface area contributed by atoms with E-state index in [1.54, 1.807) is 17.3 Å². The molecule has 1 aromatic heterocycles. The summed E-state index contributed by atoms with van der Waals surface area (Å²) in [5, 5.41) is 0. The Labute approximate surface area is 137 Å². The maximum Gasteiger partial charge on any atom is 0.255 e. The van der Waals surface area contributed by atoms with E-state index in [9.17, 15) is 9.59 Å². The molecule has 0 bridgehead atoms. The largest absolute Gasteiger partial charge is 0.376 e. The van der Waals surface area contributed by atoms with Gasteiger partial charge in [-0.25, -0.2) is 0 Å². The molecule has 1 aliphatic heterocycles. The van der Waals surface area contributed by atoms with Gasteiger partial charge in [0, 0.05) is 46.5 Å². The van der Waals surface area contributed by atoms with Crippen LogP contribution in [0, 0.1) is 0 Å². The summed E-state index contributed by atoms with van der Waals surface area (Å²) in [4.78, 5) is 36.1. The van der Waals surface area contributed by atoms with Crippen LogP contribution in [0.25, 0.3) is 0 Å². The number of carbonyl (C=O) groups excluding carboxylic acids is 2. The van der Waals surface area contributed by atoms with Gasteiger partial charge < -0.3 is 19.6 Å². The Morgan fingerprint density at radius 2 is 1.65 bits per heavy atom. The van der Waals surface area contributed by atoms with Gasteiger partial charge in [0.2, 0.25) is 5.91 Å². The minimum Gasteiger partial charge on any atom is -0.376 e. The lowest BCUT2D eigenvalue weighted by molar-refractivity contribution is -0.133. The third-order valence-corrected chi connectivity index (χ3v) is 3.86. The summed E-state index contributed by atoms with van der Waals surface area (Å²) >= 11 is 0. The van der Waals surface area contributed by atoms with Gasteiger partial charge in [-0.15, -0.1) is 0 Å². The van der Waals surface area contributed by atoms with Crippen LogP contribution in [0.15, 0.2) is 18.5 Å². The first-order valence-electron chi connectivity index (χ1n) is 7.72. The summed E-state index contributed by atoms with van der Waals surface area (Å²) in [6, 6.07) is 1.85. The van der Waals surface area contributed by atoms with Gasteiger partial charge in [0.15, 0.2) is 0 Å². The number of hydrogen-bond acceptors (Lipinski definition) is 5. The maximum atomic E-state index is 12.6. The second kappa shape index (κ2) is 7.41. The van der Waals surface area contributed by atoms with Crippen LogP contribution in [0.4, 0.5) is 5.69 Å². The smallest absolute Gasteiger partial charge is 0.255 e. The first kappa shape index (κ1) is 17.2. The summed E-state index contributed by atoms with van der Waals surface area (Å²) < 4.78 is 0. The van der Waals surface area contributed by atoms with E-state index >= 15 is 0 Å². The topological polar surface area (TPSA) is 60.0 Å². The van der Waals surface area contributed by atoms with Crippen molar-refractivity contribution in [3.8, 4) is 0 Å². The minimum atomic E-state index is -0.0269. The van der Waals surface area contributed by atoms with E-state index in [4.69, 9.17) is 0 Å². The lowest BCUT2D eigenvalue weighted by Crippen LogP contribution is -2.52. The molecule has 1 aliphatic rings. The summed E-state index contributed by atoms with van der Waals surface area (Å²) in [6.07, 6.45) is 3.33. The molecule has 126 valence electrons. The van der Waals surface area contributed by atoms with E-state index in [1.165, 1.54) is 0 Å². The average molecular weight is 319 g/mol. The number of aromatic nitrogens is 1. The Balaban J connectivity index is 1.96. The third-order valence-electron chi connectivity index (χ3n) is 3.86. The molecule has 0 unspecified atom stereocenters. The number of likely N-dealkylation sites (N-methyl/N-ethyl adjacent to an activating group) is 1. The molecule has 0 spiro atoms. The van der Waals surface area contributed by atoms with Crippen molar-refractivity contribution in [2.45, 2.75) is 0 Å². The van der Waals surface area contributed by atoms with Crippen molar-refractivity contribution in [2.24, 2.45) is 0 Å². The molecule has 0 radical (unpaired) electrons. The minimum absolute atomic E-state index is 0.0269. The fourth-order valence-electron chi connectivity index (χ4n) is 2.50. The molecule has 23 heavy (non-hydrogen) atoms. The second-order valence-electron chi connectivity index (χ2n) is 6.24. The summed E-state index contributed by atoms with van der Waals surface area (Å²) in [5.41, 5.74) is 1.49. The van der Waals surface area contributed by atoms with Gasteiger partial charge in [-0.05, 0) is 20.2 Å². The van der Waals surface area contributed by atoms with E-state index in [1.807, 2.05) is 49.0 Å². The highest BCUT2D eigenvalue weighted by atomic mass is 16.2. The average Bonchev–Trinajstić information content (AvgIpc) is 2.53. The van der Waals surface area contributed by atoms with Gasteiger partial charge in [-0.2, -0.15) is 0 Å². The highest BCUT2D eigenvalue weighted by Crippen LogP contribution is 2.14. The SMILES string of the molecule is CN(C)CC(=O)N1CCN(C(=O)c2cncc(N(C)C)c2)CC1. The van der Waals surface area contributed by atoms with Crippen molar-refractivity contribution >= 4 is 17.5 Å². The van der Waals surface area contributed by atoms with Crippen LogP contribution in [0.2, 0.25) is 0 Å². The highest BCUT2D eigenvalue weighted by molar-refractivity contribution is 5.95. The molecule has 1 saturated heterocycles. The molecule has 2 rings (SSSR count). The van der Waals surface area contributed by atoms with Crippen molar-refractivity contribution in [2.75, 3.05) is 65.8 Å². The molecule has 7 nitrogen and oxygen atoms in total. The molecule has 0 aliphatic carbocycles. The van der Waals surface area contributed by atoms with Crippen molar-refractivity contribution in [3.63, 3.8) is 0 Å². The molecular weight excluding hydrogens is 294 g/mol. The summed E-state index contributed by atoms with van der Waals surface area (Å²) in [7, 11) is 7.59. The zero-order chi connectivity index (χ0) is 17.0. The number of nitrogens with zero attached hydrogens (tertiary/aromatic N) is 5. The molecule has 0 saturated carbocycles. The van der Waals surface area contributed by atoms with Gasteiger partial charge in [0.25, 0.3) is 5.91 Å². The number of rotatable bonds is 4. The number of amides is 2. The van der Waals surface area contributed by atoms with Crippen LogP contribution >= 0.6 is 0 Å². The van der Waals surface area contributed by atoms with Crippen LogP contribution < -0.4 is 4.90 Å². The van der Waals surface area contributed by atoms with E-state index < -0.39 is 0 Å². The Morgan fingerprint density at radius 3 is 2.22 bits per heavy atom. The Morgan fingerprint density at radius 1 is 1.04 bits per heavy atom. The van der Waals surface area contributed by atoms with Gasteiger partial charge >= 0.3 is 0 Å². The number of hydrogen-bond donors (Lipinski definition) is 0. The second-order valence-corrected chi connectivity index (χ2v) is 6.24. The van der Waals surface area contributed by atoms with Gasteiger partial charge in [0.05, 0.1) is 24.0 Å². The van der Waals surface area contributed by atoms with Crippen LogP contribution in [-0.4, -0.2) is 92.4 Å². The van der Waals surface area contributed by atoms with Crippen molar-refractivity contribution in [1.82, 2.24) is 19.7 Å². The third kappa shape index (κ3) is 4.41. The highest BCUT2D eigenvalue weighted by Gasteiger charge is 2.25. The predicted molar refractivity (Wildman–Crippen MR) is 89.6 cm³/mol. The molecule has 0 aromatic carbocycles. The normalized spacial score (nSPS) is 15.0. The van der Waals surface area contributed by atoms with Crippen molar-refractivity contribution in [1.29, 1.82) is 0 Å². The van der Waals surface area contributed by atoms with E-state index in [0.29, 0.717) is 38.3 Å². The number of piperazine rings is 1. The zero-order valence-electron chi connectivity index (χ0n) is 14.3. The fraction of sp³-hybridized carbons (Fsp3) is 0.562. The molecule has 2 heterocycles. The summed E-state index contributed by atoms with van der Waals surface area (Å²) in [5.74, 6) is 0.0827. The number of carbonyl (C=O) groups is 2. The van der Waals surface area contributed by atoms with Crippen molar-refractivity contribution < 1.29 is 9.59 Å². The standard InChI is InChI=1S/C16H25N5O2/c1-18(2)12-15(22)20-5-7-21(8-6-20)16(23)13-9-14(19(3)4)11-17-10-13/h9-11H,5-8,12H2,1-4H3. The Bertz CT molecular complexity index is 565. The lowest BCUT2D eigenvalue weighted by Gasteiger charge is -2.35. The molecule has 1 aromatic rings. The van der Waals surface area contributed by atoms with Crippen LogP contribution in [0.1, 0.15) is 10.4 Å². The monoisotopic (exact) mass is 319 g/mol. The van der Waals surface area contributed by atoms with Gasteiger partial charge in [0.1, 0.15) is 0 Å². The quantitative estimate of drug-likeness (QED) is 0.781. The molecule has 7 heteroatoms. The Hall–Kier alpha value is -2.15. The first-order valence-corrected chi connectivity index (χ1v) is 7.72. The molecule has 2 amide bonds. The Kier molecular flexibility index (Phi) is 5.54. The molecule has 0 atom stereocenters. The molecule has 0 N–H and O–H groups in total. The summed E-state index contributed by atoms with van der Waals surface area (Å²) in [6.45, 7) is 2.69. The van der Waals surface area contributed by atoms with Crippen molar-refractivity contribution in [3.05, 3.63) is 24.0 Å². The molecule has 1 fully saturated rings. The van der Waals surface area contributed by atoms with Crippen LogP contribution in [-0.2, 0) is 4.79 Å². The predicted octanol–water partition coefficient (Wildman–Crippen LogP) is -0.00640. The van der Waals surface area contributed by atoms with Gasteiger partial charge in [-0.3, -0.25) is 14.6 Å². The number of anilines is 1. The zero-order valence-corrected chi connectivity index (χ0v) is 14.3. The molecular formula is C16H25N5O2. The van der Waals surface area contributed by atoms with E-state index in [0.717, 1.165) is 5.69 Å².